The van der Waals surface area contributed by atoms with Crippen LogP contribution in [0, 0.1) is 0 Å². The molecule has 200 valence electrons. The number of hydrogen-bond donors (Lipinski definition) is 1. The molecule has 0 saturated heterocycles. The van der Waals surface area contributed by atoms with Crippen LogP contribution in [-0.2, 0) is 13.2 Å². The summed E-state index contributed by atoms with van der Waals surface area (Å²) in [6.07, 6.45) is 2.83. The second kappa shape index (κ2) is 13.1. The van der Waals surface area contributed by atoms with Gasteiger partial charge in [0.2, 0.25) is 5.75 Å². The molecule has 7 heteroatoms. The van der Waals surface area contributed by atoms with Crippen LogP contribution in [0.4, 0.5) is 0 Å². The minimum Gasteiger partial charge on any atom is -0.507 e. The fraction of sp³-hybridized carbons (Fsp3) is 0.156. The number of methoxy groups -OCH3 is 3. The number of allylic oxidation sites excluding steroid dienone is 1. The van der Waals surface area contributed by atoms with Gasteiger partial charge in [-0.1, -0.05) is 60.7 Å². The van der Waals surface area contributed by atoms with E-state index in [9.17, 15) is 9.90 Å². The molecule has 0 aliphatic rings. The van der Waals surface area contributed by atoms with E-state index in [0.29, 0.717) is 35.2 Å². The lowest BCUT2D eigenvalue weighted by Gasteiger charge is -2.17. The Kier molecular flexibility index (Phi) is 9.08. The second-order valence-corrected chi connectivity index (χ2v) is 8.49. The van der Waals surface area contributed by atoms with Crippen LogP contribution >= 0.6 is 0 Å². The van der Waals surface area contributed by atoms with E-state index in [1.165, 1.54) is 32.4 Å². The Morgan fingerprint density at radius 2 is 1.28 bits per heavy atom. The minimum absolute atomic E-state index is 0.124. The van der Waals surface area contributed by atoms with Crippen molar-refractivity contribution in [1.29, 1.82) is 0 Å². The minimum atomic E-state index is -0.299. The highest BCUT2D eigenvalue weighted by molar-refractivity contribution is 6.07. The first-order valence-electron chi connectivity index (χ1n) is 12.3. The molecule has 0 atom stereocenters. The van der Waals surface area contributed by atoms with Crippen LogP contribution in [0.5, 0.6) is 34.5 Å². The maximum absolute atomic E-state index is 13.1. The SMILES string of the molecule is COc1ccc(C(=O)C=Cc2c(O)cc(OCc3ccccc3)c(OC)c2OC)cc1OCc1ccccc1. The topological polar surface area (TPSA) is 83.5 Å². The van der Waals surface area contributed by atoms with Crippen LogP contribution in [0.15, 0.2) is 91.0 Å². The number of phenolic OH excluding ortho intramolecular Hbond substituents is 1. The molecule has 0 aliphatic carbocycles. The molecule has 0 amide bonds. The van der Waals surface area contributed by atoms with E-state index in [1.54, 1.807) is 25.3 Å². The molecule has 4 aromatic carbocycles. The largest absolute Gasteiger partial charge is 0.507 e. The van der Waals surface area contributed by atoms with Crippen molar-refractivity contribution in [1.82, 2.24) is 0 Å². The zero-order valence-electron chi connectivity index (χ0n) is 22.0. The molecule has 0 saturated carbocycles. The first-order valence-corrected chi connectivity index (χ1v) is 12.3. The molecular formula is C32H30O7. The van der Waals surface area contributed by atoms with Gasteiger partial charge in [-0.2, -0.15) is 0 Å². The van der Waals surface area contributed by atoms with E-state index in [2.05, 4.69) is 0 Å². The summed E-state index contributed by atoms with van der Waals surface area (Å²) in [5, 5.41) is 10.8. The van der Waals surface area contributed by atoms with E-state index >= 15 is 0 Å². The van der Waals surface area contributed by atoms with Gasteiger partial charge < -0.3 is 28.8 Å². The molecule has 0 radical (unpaired) electrons. The van der Waals surface area contributed by atoms with Crippen LogP contribution < -0.4 is 23.7 Å². The molecule has 0 heterocycles. The summed E-state index contributed by atoms with van der Waals surface area (Å²) in [7, 11) is 4.48. The van der Waals surface area contributed by atoms with Gasteiger partial charge in [-0.3, -0.25) is 4.79 Å². The summed E-state index contributed by atoms with van der Waals surface area (Å²) in [5.41, 5.74) is 2.62. The van der Waals surface area contributed by atoms with Crippen molar-refractivity contribution in [3.05, 3.63) is 113 Å². The number of rotatable bonds is 12. The Balaban J connectivity index is 1.56. The van der Waals surface area contributed by atoms with E-state index < -0.39 is 0 Å². The van der Waals surface area contributed by atoms with Crippen molar-refractivity contribution in [2.24, 2.45) is 0 Å². The monoisotopic (exact) mass is 526 g/mol. The van der Waals surface area contributed by atoms with Crippen LogP contribution in [0.2, 0.25) is 0 Å². The first-order chi connectivity index (χ1) is 19.0. The molecule has 4 rings (SSSR count). The summed E-state index contributed by atoms with van der Waals surface area (Å²) in [5.74, 6) is 1.40. The van der Waals surface area contributed by atoms with Gasteiger partial charge in [-0.05, 0) is 41.5 Å². The Hall–Kier alpha value is -4.91. The van der Waals surface area contributed by atoms with Crippen LogP contribution in [0.25, 0.3) is 6.08 Å². The van der Waals surface area contributed by atoms with Crippen molar-refractivity contribution < 1.29 is 33.6 Å². The van der Waals surface area contributed by atoms with Gasteiger partial charge in [0.1, 0.15) is 19.0 Å². The number of carbonyl (C=O) groups is 1. The number of hydrogen-bond acceptors (Lipinski definition) is 7. The van der Waals surface area contributed by atoms with Crippen LogP contribution in [-0.4, -0.2) is 32.2 Å². The summed E-state index contributed by atoms with van der Waals surface area (Å²) < 4.78 is 28.3. The lowest BCUT2D eigenvalue weighted by molar-refractivity contribution is 0.104. The number of benzene rings is 4. The number of aromatic hydroxyl groups is 1. The number of carbonyl (C=O) groups excluding carboxylic acids is 1. The molecule has 0 fully saturated rings. The van der Waals surface area contributed by atoms with Crippen LogP contribution in [0.1, 0.15) is 27.0 Å². The molecule has 0 aliphatic heterocycles. The predicted octanol–water partition coefficient (Wildman–Crippen LogP) is 6.47. The molecule has 7 nitrogen and oxygen atoms in total. The summed E-state index contributed by atoms with van der Waals surface area (Å²) in [6, 6.07) is 25.7. The third-order valence-corrected chi connectivity index (χ3v) is 5.95. The lowest BCUT2D eigenvalue weighted by atomic mass is 10.1. The van der Waals surface area contributed by atoms with Gasteiger partial charge in [-0.15, -0.1) is 0 Å². The van der Waals surface area contributed by atoms with Crippen molar-refractivity contribution in [2.45, 2.75) is 13.2 Å². The van der Waals surface area contributed by atoms with Gasteiger partial charge in [0.25, 0.3) is 0 Å². The highest BCUT2D eigenvalue weighted by Gasteiger charge is 2.20. The number of phenols is 1. The Bertz CT molecular complexity index is 1430. The van der Waals surface area contributed by atoms with Gasteiger partial charge in [0.15, 0.2) is 28.8 Å². The standard InChI is InChI=1S/C32H30O7/c1-35-28-17-14-24(18-29(28)38-20-22-10-6-4-7-11-22)26(33)16-15-25-27(34)19-30(32(37-3)31(25)36-2)39-21-23-12-8-5-9-13-23/h4-19,34H,20-21H2,1-3H3. The summed E-state index contributed by atoms with van der Waals surface area (Å²) in [4.78, 5) is 13.1. The normalized spacial score (nSPS) is 10.7. The van der Waals surface area contributed by atoms with E-state index in [-0.39, 0.29) is 29.5 Å². The molecular weight excluding hydrogens is 496 g/mol. The maximum atomic E-state index is 13.1. The Labute approximate surface area is 227 Å². The van der Waals surface area contributed by atoms with Gasteiger partial charge in [0.05, 0.1) is 26.9 Å². The van der Waals surface area contributed by atoms with Crippen molar-refractivity contribution >= 4 is 11.9 Å². The quantitative estimate of drug-likeness (QED) is 0.167. The molecule has 0 unspecified atom stereocenters. The molecule has 0 spiro atoms. The zero-order chi connectivity index (χ0) is 27.6. The van der Waals surface area contributed by atoms with Crippen molar-refractivity contribution in [2.75, 3.05) is 21.3 Å². The molecule has 1 N–H and O–H groups in total. The fourth-order valence-corrected chi connectivity index (χ4v) is 3.95. The van der Waals surface area contributed by atoms with E-state index in [0.717, 1.165) is 11.1 Å². The third-order valence-electron chi connectivity index (χ3n) is 5.95. The highest BCUT2D eigenvalue weighted by atomic mass is 16.5. The molecule has 0 bridgehead atoms. The van der Waals surface area contributed by atoms with E-state index in [4.69, 9.17) is 23.7 Å². The number of ketones is 1. The summed E-state index contributed by atoms with van der Waals surface area (Å²) in [6.45, 7) is 0.605. The maximum Gasteiger partial charge on any atom is 0.204 e. The van der Waals surface area contributed by atoms with Gasteiger partial charge in [0, 0.05) is 11.6 Å². The first kappa shape index (κ1) is 27.1. The Morgan fingerprint density at radius 3 is 1.85 bits per heavy atom. The fourth-order valence-electron chi connectivity index (χ4n) is 3.95. The smallest absolute Gasteiger partial charge is 0.204 e. The molecule has 4 aromatic rings. The molecule has 0 aromatic heterocycles. The average Bonchev–Trinajstić information content (AvgIpc) is 2.98. The van der Waals surface area contributed by atoms with E-state index in [1.807, 2.05) is 60.7 Å². The van der Waals surface area contributed by atoms with Crippen molar-refractivity contribution in [3.8, 4) is 34.5 Å². The van der Waals surface area contributed by atoms with Crippen LogP contribution in [0.3, 0.4) is 0 Å². The molecule has 39 heavy (non-hydrogen) atoms. The second-order valence-electron chi connectivity index (χ2n) is 8.49. The Morgan fingerprint density at radius 1 is 0.692 bits per heavy atom. The number of ether oxygens (including phenoxy) is 5. The van der Waals surface area contributed by atoms with Crippen molar-refractivity contribution in [3.63, 3.8) is 0 Å². The average molecular weight is 527 g/mol. The summed E-state index contributed by atoms with van der Waals surface area (Å²) >= 11 is 0. The lowest BCUT2D eigenvalue weighted by Crippen LogP contribution is -2.02. The van der Waals surface area contributed by atoms with Gasteiger partial charge >= 0.3 is 0 Å². The van der Waals surface area contributed by atoms with Gasteiger partial charge in [-0.25, -0.2) is 0 Å². The highest BCUT2D eigenvalue weighted by Crippen LogP contribution is 2.45. The predicted molar refractivity (Wildman–Crippen MR) is 149 cm³/mol. The zero-order valence-corrected chi connectivity index (χ0v) is 22.0. The third kappa shape index (κ3) is 6.70.